The third-order valence-corrected chi connectivity index (χ3v) is 2.73. The zero-order valence-corrected chi connectivity index (χ0v) is 7.52. The van der Waals surface area contributed by atoms with Gasteiger partial charge in [-0.05, 0) is 25.3 Å². The number of rotatable bonds is 2. The Morgan fingerprint density at radius 3 is 2.64 bits per heavy atom. The molecule has 1 rings (SSSR count). The van der Waals surface area contributed by atoms with Crippen molar-refractivity contribution in [2.24, 2.45) is 5.92 Å². The van der Waals surface area contributed by atoms with Crippen LogP contribution in [0.4, 0.5) is 4.39 Å². The van der Waals surface area contributed by atoms with Crippen LogP contribution in [0.1, 0.15) is 33.1 Å². The predicted octanol–water partition coefficient (Wildman–Crippen LogP) is 2.42. The Labute approximate surface area is 68.6 Å². The molecule has 0 N–H and O–H groups in total. The Bertz CT molecular complexity index is 116. The van der Waals surface area contributed by atoms with Crippen molar-refractivity contribution < 1.29 is 4.39 Å². The molecule has 2 unspecified atom stereocenters. The number of hydrogen-bond donors (Lipinski definition) is 0. The fourth-order valence-electron chi connectivity index (χ4n) is 1.76. The Kier molecular flexibility index (Phi) is 3.31. The van der Waals surface area contributed by atoms with Crippen LogP contribution in [0.25, 0.3) is 0 Å². The summed E-state index contributed by atoms with van der Waals surface area (Å²) in [6.07, 6.45) is 2.41. The van der Waals surface area contributed by atoms with Crippen LogP contribution in [-0.4, -0.2) is 24.3 Å². The molecule has 0 saturated carbocycles. The Morgan fingerprint density at radius 2 is 2.18 bits per heavy atom. The van der Waals surface area contributed by atoms with E-state index in [2.05, 4.69) is 6.92 Å². The summed E-state index contributed by atoms with van der Waals surface area (Å²) >= 11 is 0. The van der Waals surface area contributed by atoms with Crippen LogP contribution >= 0.6 is 0 Å². The molecule has 1 nitrogen and oxygen atoms in total. The summed E-state index contributed by atoms with van der Waals surface area (Å²) in [6.45, 7) is 5.99. The van der Waals surface area contributed by atoms with E-state index in [4.69, 9.17) is 0 Å². The second kappa shape index (κ2) is 4.05. The van der Waals surface area contributed by atoms with Gasteiger partial charge in [0, 0.05) is 6.54 Å². The quantitative estimate of drug-likeness (QED) is 0.559. The lowest BCUT2D eigenvalue weighted by Crippen LogP contribution is -2.39. The highest BCUT2D eigenvalue weighted by Crippen LogP contribution is 2.25. The van der Waals surface area contributed by atoms with Gasteiger partial charge in [-0.25, -0.2) is 4.39 Å². The van der Waals surface area contributed by atoms with Crippen LogP contribution in [0.3, 0.4) is 0 Å². The first kappa shape index (κ1) is 8.98. The molecule has 0 aliphatic carbocycles. The molecule has 0 aromatic rings. The molecule has 0 aromatic heterocycles. The lowest BCUT2D eigenvalue weighted by molar-refractivity contribution is 0.0249. The zero-order valence-electron chi connectivity index (χ0n) is 7.52. The summed E-state index contributed by atoms with van der Waals surface area (Å²) < 4.78 is 13.2. The number of halogens is 1. The second-order valence-corrected chi connectivity index (χ2v) is 3.36. The average Bonchev–Trinajstić information content (AvgIpc) is 2.04. The minimum absolute atomic E-state index is 0.632. The highest BCUT2D eigenvalue weighted by molar-refractivity contribution is 4.73. The highest BCUT2D eigenvalue weighted by atomic mass is 19.1. The van der Waals surface area contributed by atoms with E-state index < -0.39 is 6.30 Å². The van der Waals surface area contributed by atoms with Gasteiger partial charge < -0.3 is 0 Å². The molecule has 1 heterocycles. The smallest absolute Gasteiger partial charge is 0.153 e. The van der Waals surface area contributed by atoms with E-state index in [1.807, 2.05) is 11.8 Å². The zero-order chi connectivity index (χ0) is 8.27. The maximum atomic E-state index is 13.2. The lowest BCUT2D eigenvalue weighted by atomic mass is 9.94. The van der Waals surface area contributed by atoms with Crippen LogP contribution in [-0.2, 0) is 0 Å². The second-order valence-electron chi connectivity index (χ2n) is 3.36. The van der Waals surface area contributed by atoms with Crippen LogP contribution in [0.15, 0.2) is 0 Å². The van der Waals surface area contributed by atoms with Gasteiger partial charge in [0.15, 0.2) is 6.30 Å². The number of nitrogens with zero attached hydrogens (tertiary/aromatic N) is 1. The van der Waals surface area contributed by atoms with Gasteiger partial charge in [0.2, 0.25) is 0 Å². The van der Waals surface area contributed by atoms with E-state index in [0.717, 1.165) is 25.9 Å². The monoisotopic (exact) mass is 159 g/mol. The summed E-state index contributed by atoms with van der Waals surface area (Å²) in [5.74, 6) is 0.632. The number of piperidine rings is 1. The first-order chi connectivity index (χ1) is 5.27. The van der Waals surface area contributed by atoms with Crippen molar-refractivity contribution in [1.29, 1.82) is 0 Å². The first-order valence-corrected chi connectivity index (χ1v) is 4.66. The van der Waals surface area contributed by atoms with Crippen molar-refractivity contribution in [3.05, 3.63) is 0 Å². The Morgan fingerprint density at radius 1 is 1.45 bits per heavy atom. The Balaban J connectivity index is 2.34. The van der Waals surface area contributed by atoms with Gasteiger partial charge in [-0.15, -0.1) is 0 Å². The first-order valence-electron chi connectivity index (χ1n) is 4.66. The van der Waals surface area contributed by atoms with Crippen molar-refractivity contribution in [3.8, 4) is 0 Å². The minimum atomic E-state index is -0.668. The normalized spacial score (nSPS) is 34.1. The molecular weight excluding hydrogens is 141 g/mol. The summed E-state index contributed by atoms with van der Waals surface area (Å²) in [4.78, 5) is 1.92. The summed E-state index contributed by atoms with van der Waals surface area (Å²) in [5.41, 5.74) is 0. The van der Waals surface area contributed by atoms with Gasteiger partial charge >= 0.3 is 0 Å². The van der Waals surface area contributed by atoms with Crippen molar-refractivity contribution >= 4 is 0 Å². The van der Waals surface area contributed by atoms with Crippen molar-refractivity contribution in [2.75, 3.05) is 13.1 Å². The summed E-state index contributed by atoms with van der Waals surface area (Å²) in [5, 5.41) is 0. The fraction of sp³-hybridized carbons (Fsp3) is 1.00. The molecule has 2 heteroatoms. The molecule has 1 aliphatic rings. The van der Waals surface area contributed by atoms with Gasteiger partial charge in [-0.3, -0.25) is 4.90 Å². The number of alkyl halides is 1. The number of hydrogen-bond acceptors (Lipinski definition) is 1. The largest absolute Gasteiger partial charge is 0.274 e. The molecule has 11 heavy (non-hydrogen) atoms. The maximum absolute atomic E-state index is 13.2. The van der Waals surface area contributed by atoms with E-state index in [-0.39, 0.29) is 0 Å². The van der Waals surface area contributed by atoms with Crippen molar-refractivity contribution in [1.82, 2.24) is 4.90 Å². The lowest BCUT2D eigenvalue weighted by Gasteiger charge is -2.33. The molecule has 1 aliphatic heterocycles. The predicted molar refractivity (Wildman–Crippen MR) is 45.2 cm³/mol. The topological polar surface area (TPSA) is 3.24 Å². The highest BCUT2D eigenvalue weighted by Gasteiger charge is 2.25. The van der Waals surface area contributed by atoms with Crippen LogP contribution in [0.5, 0.6) is 0 Å². The molecule has 0 radical (unpaired) electrons. The van der Waals surface area contributed by atoms with E-state index in [0.29, 0.717) is 5.92 Å². The average molecular weight is 159 g/mol. The van der Waals surface area contributed by atoms with E-state index >= 15 is 0 Å². The molecule has 1 saturated heterocycles. The third kappa shape index (κ3) is 2.16. The standard InChI is InChI=1S/C9H18FN/c1-3-8-5-6-11(4-2)9(10)7-8/h8-9H,3-7H2,1-2H3. The molecule has 66 valence electrons. The number of likely N-dealkylation sites (tertiary alicyclic amines) is 1. The third-order valence-electron chi connectivity index (χ3n) is 2.73. The van der Waals surface area contributed by atoms with Gasteiger partial charge in [-0.2, -0.15) is 0 Å². The Hall–Kier alpha value is -0.110. The van der Waals surface area contributed by atoms with Crippen LogP contribution in [0, 0.1) is 5.92 Å². The molecule has 0 amide bonds. The molecule has 1 fully saturated rings. The van der Waals surface area contributed by atoms with Gasteiger partial charge in [0.25, 0.3) is 0 Å². The van der Waals surface area contributed by atoms with Crippen LogP contribution < -0.4 is 0 Å². The molecule has 2 atom stereocenters. The van der Waals surface area contributed by atoms with Gasteiger partial charge in [0.1, 0.15) is 0 Å². The summed E-state index contributed by atoms with van der Waals surface area (Å²) in [6, 6.07) is 0. The maximum Gasteiger partial charge on any atom is 0.153 e. The van der Waals surface area contributed by atoms with Gasteiger partial charge in [0.05, 0.1) is 0 Å². The fourth-order valence-corrected chi connectivity index (χ4v) is 1.76. The van der Waals surface area contributed by atoms with E-state index in [9.17, 15) is 4.39 Å². The molecule has 0 spiro atoms. The molecular formula is C9H18FN. The van der Waals surface area contributed by atoms with Crippen molar-refractivity contribution in [2.45, 2.75) is 39.4 Å². The van der Waals surface area contributed by atoms with E-state index in [1.165, 1.54) is 6.42 Å². The van der Waals surface area contributed by atoms with E-state index in [1.54, 1.807) is 0 Å². The van der Waals surface area contributed by atoms with Crippen molar-refractivity contribution in [3.63, 3.8) is 0 Å². The minimum Gasteiger partial charge on any atom is -0.274 e. The van der Waals surface area contributed by atoms with Gasteiger partial charge in [-0.1, -0.05) is 20.3 Å². The van der Waals surface area contributed by atoms with Crippen LogP contribution in [0.2, 0.25) is 0 Å². The molecule has 0 bridgehead atoms. The molecule has 0 aromatic carbocycles. The summed E-state index contributed by atoms with van der Waals surface area (Å²) in [7, 11) is 0. The SMILES string of the molecule is CCC1CCN(CC)C(F)C1.